The van der Waals surface area contributed by atoms with E-state index in [9.17, 15) is 34.5 Å². The van der Waals surface area contributed by atoms with Gasteiger partial charge in [0.05, 0.1) is 28.2 Å². The van der Waals surface area contributed by atoms with E-state index in [1.165, 1.54) is 16.9 Å². The Morgan fingerprint density at radius 3 is 2.23 bits per heavy atom. The SMILES string of the molecule is COC(CCN(C(=O)Oc1nc2cc(C3(O)NC(=O)c4ccccc43)ccc2[nH]1)c1nc2cc(C3(O)c4ccccc4C(=O)N3Cc3ccccc3)ccc2[nH]1)CNC(=O)O. The molecule has 2 aliphatic heterocycles. The number of hydrogen-bond acceptors (Lipinski definition) is 10. The lowest BCUT2D eigenvalue weighted by Gasteiger charge is -2.35. The van der Waals surface area contributed by atoms with Gasteiger partial charge in [-0.25, -0.2) is 19.5 Å². The lowest BCUT2D eigenvalue weighted by molar-refractivity contribution is -0.0542. The Balaban J connectivity index is 1.03. The number of anilines is 1. The Kier molecular flexibility index (Phi) is 9.70. The highest BCUT2D eigenvalue weighted by Gasteiger charge is 2.50. The third-order valence-electron chi connectivity index (χ3n) is 11.1. The molecule has 7 N–H and O–H groups in total. The van der Waals surface area contributed by atoms with E-state index in [2.05, 4.69) is 25.6 Å². The number of H-pyrrole nitrogens is 2. The largest absolute Gasteiger partial charge is 0.465 e. The summed E-state index contributed by atoms with van der Waals surface area (Å²) in [5, 5.41) is 38.3. The number of nitrogens with zero attached hydrogens (tertiary/aromatic N) is 4. The number of ether oxygens (including phenoxy) is 2. The second-order valence-corrected chi connectivity index (χ2v) is 14.7. The maximum atomic E-state index is 14.1. The molecule has 17 heteroatoms. The predicted octanol–water partition coefficient (Wildman–Crippen LogP) is 4.90. The van der Waals surface area contributed by atoms with Crippen molar-refractivity contribution in [1.29, 1.82) is 0 Å². The minimum atomic E-state index is -1.86. The van der Waals surface area contributed by atoms with Gasteiger partial charge in [0, 0.05) is 60.1 Å². The highest BCUT2D eigenvalue weighted by atomic mass is 16.6. The first-order valence-corrected chi connectivity index (χ1v) is 19.3. The number of benzene rings is 5. The molecule has 0 bridgehead atoms. The van der Waals surface area contributed by atoms with Crippen molar-refractivity contribution >= 4 is 52.0 Å². The predicted molar refractivity (Wildman–Crippen MR) is 220 cm³/mol. The summed E-state index contributed by atoms with van der Waals surface area (Å²) in [4.78, 5) is 69.8. The fourth-order valence-electron chi connectivity index (χ4n) is 7.99. The minimum absolute atomic E-state index is 0.0559. The molecule has 7 aromatic rings. The number of rotatable bonds is 12. The molecule has 3 atom stereocenters. The van der Waals surface area contributed by atoms with Gasteiger partial charge in [-0.15, -0.1) is 0 Å². The molecule has 2 aromatic heterocycles. The van der Waals surface area contributed by atoms with Crippen LogP contribution in [0.1, 0.15) is 55.0 Å². The Bertz CT molecular complexity index is 2860. The van der Waals surface area contributed by atoms with E-state index < -0.39 is 35.6 Å². The Morgan fingerprint density at radius 2 is 1.48 bits per heavy atom. The number of aromatic nitrogens is 4. The van der Waals surface area contributed by atoms with Crippen molar-refractivity contribution in [2.75, 3.05) is 25.1 Å². The van der Waals surface area contributed by atoms with E-state index >= 15 is 0 Å². The topological polar surface area (TPSA) is 235 Å². The number of aromatic amines is 2. The van der Waals surface area contributed by atoms with Crippen molar-refractivity contribution in [3.05, 3.63) is 154 Å². The second kappa shape index (κ2) is 15.2. The van der Waals surface area contributed by atoms with Crippen molar-refractivity contribution in [2.45, 2.75) is 30.5 Å². The first kappa shape index (κ1) is 38.9. The molecule has 4 amide bonds. The number of nitrogens with one attached hydrogen (secondary N) is 4. The van der Waals surface area contributed by atoms with Crippen LogP contribution in [0.15, 0.2) is 115 Å². The molecular weight excluding hydrogens is 785 g/mol. The van der Waals surface area contributed by atoms with Crippen LogP contribution in [0, 0.1) is 0 Å². The van der Waals surface area contributed by atoms with Crippen molar-refractivity contribution in [3.63, 3.8) is 0 Å². The zero-order valence-corrected chi connectivity index (χ0v) is 32.5. The number of methoxy groups -OCH3 is 1. The zero-order chi connectivity index (χ0) is 42.5. The van der Waals surface area contributed by atoms with E-state index in [0.717, 1.165) is 5.56 Å². The van der Waals surface area contributed by atoms with Crippen LogP contribution in [-0.4, -0.2) is 90.5 Å². The molecule has 3 unspecified atom stereocenters. The Labute approximate surface area is 346 Å². The number of amides is 4. The third kappa shape index (κ3) is 6.85. The van der Waals surface area contributed by atoms with E-state index in [-0.39, 0.29) is 43.9 Å². The van der Waals surface area contributed by atoms with Crippen LogP contribution >= 0.6 is 0 Å². The molecular formula is C44H38N8O9. The van der Waals surface area contributed by atoms with Crippen molar-refractivity contribution < 1.29 is 44.0 Å². The summed E-state index contributed by atoms with van der Waals surface area (Å²) < 4.78 is 11.3. The molecule has 9 rings (SSSR count). The number of aliphatic hydroxyl groups is 2. The van der Waals surface area contributed by atoms with E-state index in [1.807, 2.05) is 30.3 Å². The fraction of sp³-hybridized carbons (Fsp3) is 0.182. The van der Waals surface area contributed by atoms with Gasteiger partial charge in [0.2, 0.25) is 5.95 Å². The molecule has 0 fully saturated rings. The Morgan fingerprint density at radius 1 is 0.820 bits per heavy atom. The molecule has 0 spiro atoms. The summed E-state index contributed by atoms with van der Waals surface area (Å²) >= 11 is 0. The monoisotopic (exact) mass is 822 g/mol. The van der Waals surface area contributed by atoms with Crippen LogP contribution in [0.2, 0.25) is 0 Å². The average molecular weight is 823 g/mol. The lowest BCUT2D eigenvalue weighted by Crippen LogP contribution is -2.44. The highest BCUT2D eigenvalue weighted by molar-refractivity contribution is 6.01. The molecule has 2 aliphatic rings. The normalized spacial score (nSPS) is 18.5. The number of imidazole rings is 2. The minimum Gasteiger partial charge on any atom is -0.465 e. The standard InChI is InChI=1S/C44H38N8O9/c1-60-28(23-45-41(55)56)19-20-51(42(57)61-40-48-34-17-15-26(21-36(34)49-40)43(58)31-13-7-5-11-29(31)37(53)50-43)39-46-33-18-16-27(22-35(33)47-39)44(59)32-14-8-6-12-30(32)38(54)52(44)24-25-9-3-2-4-10-25/h2-18,21-22,28,45,58-59H,19-20,23-24H2,1H3,(H,46,47)(H,48,49)(H,50,53)(H,55,56). The molecule has 308 valence electrons. The number of carbonyl (C=O) groups is 4. The van der Waals surface area contributed by atoms with Gasteiger partial charge < -0.3 is 45.4 Å². The van der Waals surface area contributed by atoms with Crippen molar-refractivity contribution in [3.8, 4) is 6.01 Å². The van der Waals surface area contributed by atoms with E-state index in [1.54, 1.807) is 84.9 Å². The second-order valence-electron chi connectivity index (χ2n) is 14.7. The third-order valence-corrected chi connectivity index (χ3v) is 11.1. The number of carboxylic acid groups (broad SMARTS) is 1. The molecule has 0 saturated carbocycles. The summed E-state index contributed by atoms with van der Waals surface area (Å²) in [6.45, 7) is 0.0123. The number of carbonyl (C=O) groups excluding carboxylic acids is 3. The van der Waals surface area contributed by atoms with Crippen LogP contribution in [-0.2, 0) is 22.7 Å². The van der Waals surface area contributed by atoms with Crippen molar-refractivity contribution in [2.24, 2.45) is 0 Å². The van der Waals surface area contributed by atoms with Crippen LogP contribution in [0.5, 0.6) is 6.01 Å². The first-order valence-electron chi connectivity index (χ1n) is 19.3. The summed E-state index contributed by atoms with van der Waals surface area (Å²) in [5.41, 5.74) is 1.05. The maximum absolute atomic E-state index is 14.1. The Hall–Kier alpha value is -7.60. The van der Waals surface area contributed by atoms with Gasteiger partial charge in [-0.3, -0.25) is 14.5 Å². The number of fused-ring (bicyclic) bond motifs is 4. The summed E-state index contributed by atoms with van der Waals surface area (Å²) in [7, 11) is 1.42. The molecule has 61 heavy (non-hydrogen) atoms. The molecule has 0 saturated heterocycles. The quantitative estimate of drug-likeness (QED) is 0.0875. The smallest absolute Gasteiger partial charge is 0.424 e. The summed E-state index contributed by atoms with van der Waals surface area (Å²) in [6.07, 6.45) is -2.63. The van der Waals surface area contributed by atoms with Crippen LogP contribution in [0.4, 0.5) is 15.5 Å². The van der Waals surface area contributed by atoms with Crippen LogP contribution in [0.25, 0.3) is 22.1 Å². The lowest BCUT2D eigenvalue weighted by atomic mass is 9.93. The van der Waals surface area contributed by atoms with Gasteiger partial charge in [-0.05, 0) is 48.4 Å². The first-order chi connectivity index (χ1) is 29.5. The van der Waals surface area contributed by atoms with E-state index in [0.29, 0.717) is 55.4 Å². The molecule has 5 aromatic carbocycles. The van der Waals surface area contributed by atoms with E-state index in [4.69, 9.17) is 14.5 Å². The van der Waals surface area contributed by atoms with Gasteiger partial charge in [0.25, 0.3) is 11.8 Å². The molecule has 0 aliphatic carbocycles. The fourth-order valence-corrected chi connectivity index (χ4v) is 7.99. The van der Waals surface area contributed by atoms with Gasteiger partial charge in [0.1, 0.15) is 0 Å². The van der Waals surface area contributed by atoms with Gasteiger partial charge in [0.15, 0.2) is 11.4 Å². The summed E-state index contributed by atoms with van der Waals surface area (Å²) in [5.74, 6) is -0.700. The number of hydrogen-bond donors (Lipinski definition) is 7. The summed E-state index contributed by atoms with van der Waals surface area (Å²) in [6, 6.07) is 32.7. The molecule has 4 heterocycles. The average Bonchev–Trinajstić information content (AvgIpc) is 4.00. The van der Waals surface area contributed by atoms with Gasteiger partial charge >= 0.3 is 18.2 Å². The van der Waals surface area contributed by atoms with Crippen molar-refractivity contribution in [1.82, 2.24) is 35.5 Å². The zero-order valence-electron chi connectivity index (χ0n) is 32.5. The van der Waals surface area contributed by atoms with Crippen LogP contribution < -0.4 is 20.3 Å². The molecule has 17 nitrogen and oxygen atoms in total. The van der Waals surface area contributed by atoms with Gasteiger partial charge in [-0.1, -0.05) is 78.9 Å². The molecule has 0 radical (unpaired) electrons. The van der Waals surface area contributed by atoms with Gasteiger partial charge in [-0.2, -0.15) is 4.98 Å². The maximum Gasteiger partial charge on any atom is 0.424 e. The van der Waals surface area contributed by atoms with Crippen LogP contribution in [0.3, 0.4) is 0 Å². The highest BCUT2D eigenvalue weighted by Crippen LogP contribution is 2.44.